The standard InChI is InChI=1S/C15H12Cl2F2N2O/c16-9-1-3-13(11(17)7-9)21-15(22)5-6-20-14-4-2-10(18)8-12(14)19/h1-4,7-8,20H,5-6H2,(H,21,22). The van der Waals surface area contributed by atoms with E-state index < -0.39 is 11.6 Å². The van der Waals surface area contributed by atoms with Gasteiger partial charge in [-0.15, -0.1) is 0 Å². The van der Waals surface area contributed by atoms with Crippen molar-refractivity contribution in [3.05, 3.63) is 58.1 Å². The summed E-state index contributed by atoms with van der Waals surface area (Å²) in [6.07, 6.45) is 0.0930. The lowest BCUT2D eigenvalue weighted by molar-refractivity contribution is -0.115. The van der Waals surface area contributed by atoms with Gasteiger partial charge in [0.25, 0.3) is 0 Å². The molecule has 0 atom stereocenters. The Balaban J connectivity index is 1.85. The van der Waals surface area contributed by atoms with Gasteiger partial charge in [-0.25, -0.2) is 8.78 Å². The molecule has 0 aliphatic heterocycles. The molecule has 0 aliphatic rings. The number of carbonyl (C=O) groups is 1. The third kappa shape index (κ3) is 4.58. The Labute approximate surface area is 136 Å². The molecule has 22 heavy (non-hydrogen) atoms. The van der Waals surface area contributed by atoms with E-state index in [4.69, 9.17) is 23.2 Å². The van der Waals surface area contributed by atoms with Crippen LogP contribution in [0.25, 0.3) is 0 Å². The first kappa shape index (κ1) is 16.5. The highest BCUT2D eigenvalue weighted by molar-refractivity contribution is 6.36. The quantitative estimate of drug-likeness (QED) is 0.824. The van der Waals surface area contributed by atoms with Gasteiger partial charge in [0.1, 0.15) is 11.6 Å². The van der Waals surface area contributed by atoms with Crippen molar-refractivity contribution in [2.45, 2.75) is 6.42 Å². The number of hydrogen-bond acceptors (Lipinski definition) is 2. The van der Waals surface area contributed by atoms with Crippen LogP contribution in [0.15, 0.2) is 36.4 Å². The van der Waals surface area contributed by atoms with Crippen molar-refractivity contribution >= 4 is 40.5 Å². The van der Waals surface area contributed by atoms with Crippen molar-refractivity contribution in [1.29, 1.82) is 0 Å². The average molecular weight is 345 g/mol. The second-order valence-electron chi connectivity index (χ2n) is 4.47. The molecule has 0 bridgehead atoms. The Morgan fingerprint density at radius 1 is 1.05 bits per heavy atom. The summed E-state index contributed by atoms with van der Waals surface area (Å²) >= 11 is 11.7. The maximum absolute atomic E-state index is 13.4. The fraction of sp³-hybridized carbons (Fsp3) is 0.133. The largest absolute Gasteiger partial charge is 0.382 e. The Morgan fingerprint density at radius 2 is 1.77 bits per heavy atom. The van der Waals surface area contributed by atoms with Crippen LogP contribution in [0.4, 0.5) is 20.2 Å². The van der Waals surface area contributed by atoms with E-state index in [0.717, 1.165) is 12.1 Å². The number of benzene rings is 2. The zero-order chi connectivity index (χ0) is 16.1. The van der Waals surface area contributed by atoms with Crippen LogP contribution in [-0.2, 0) is 4.79 Å². The molecule has 1 amide bonds. The first-order valence-electron chi connectivity index (χ1n) is 6.39. The first-order valence-corrected chi connectivity index (χ1v) is 7.15. The molecule has 0 heterocycles. The minimum absolute atomic E-state index is 0.0930. The van der Waals surface area contributed by atoms with Crippen LogP contribution in [-0.4, -0.2) is 12.5 Å². The van der Waals surface area contributed by atoms with Gasteiger partial charge in [0.05, 0.1) is 16.4 Å². The van der Waals surface area contributed by atoms with E-state index in [1.54, 1.807) is 12.1 Å². The lowest BCUT2D eigenvalue weighted by Crippen LogP contribution is -2.16. The molecule has 2 rings (SSSR count). The summed E-state index contributed by atoms with van der Waals surface area (Å²) in [4.78, 5) is 11.8. The topological polar surface area (TPSA) is 41.1 Å². The zero-order valence-electron chi connectivity index (χ0n) is 11.3. The van der Waals surface area contributed by atoms with Gasteiger partial charge in [-0.05, 0) is 30.3 Å². The van der Waals surface area contributed by atoms with Crippen LogP contribution < -0.4 is 10.6 Å². The number of halogens is 4. The van der Waals surface area contributed by atoms with E-state index in [-0.39, 0.29) is 24.6 Å². The number of rotatable bonds is 5. The second-order valence-corrected chi connectivity index (χ2v) is 5.32. The Bertz CT molecular complexity index is 695. The molecule has 116 valence electrons. The van der Waals surface area contributed by atoms with E-state index >= 15 is 0 Å². The molecule has 0 aliphatic carbocycles. The molecular weight excluding hydrogens is 333 g/mol. The molecule has 2 aromatic rings. The monoisotopic (exact) mass is 344 g/mol. The van der Waals surface area contributed by atoms with Crippen molar-refractivity contribution in [2.75, 3.05) is 17.2 Å². The minimum atomic E-state index is -0.707. The van der Waals surface area contributed by atoms with Crippen molar-refractivity contribution in [1.82, 2.24) is 0 Å². The fourth-order valence-corrected chi connectivity index (χ4v) is 2.20. The minimum Gasteiger partial charge on any atom is -0.382 e. The zero-order valence-corrected chi connectivity index (χ0v) is 12.8. The number of amides is 1. The maximum Gasteiger partial charge on any atom is 0.226 e. The molecule has 0 fully saturated rings. The molecule has 0 unspecified atom stereocenters. The summed E-state index contributed by atoms with van der Waals surface area (Å²) < 4.78 is 26.1. The Kier molecular flexibility index (Phi) is 5.57. The van der Waals surface area contributed by atoms with Crippen LogP contribution in [0.2, 0.25) is 10.0 Å². The molecule has 3 nitrogen and oxygen atoms in total. The predicted molar refractivity (Wildman–Crippen MR) is 84.6 cm³/mol. The highest BCUT2D eigenvalue weighted by Gasteiger charge is 2.07. The highest BCUT2D eigenvalue weighted by atomic mass is 35.5. The van der Waals surface area contributed by atoms with Gasteiger partial charge in [-0.2, -0.15) is 0 Å². The smallest absolute Gasteiger partial charge is 0.226 e. The van der Waals surface area contributed by atoms with Gasteiger partial charge in [-0.3, -0.25) is 4.79 Å². The average Bonchev–Trinajstić information content (AvgIpc) is 2.44. The van der Waals surface area contributed by atoms with Crippen molar-refractivity contribution in [3.8, 4) is 0 Å². The first-order chi connectivity index (χ1) is 10.5. The van der Waals surface area contributed by atoms with E-state index in [1.165, 1.54) is 12.1 Å². The lowest BCUT2D eigenvalue weighted by Gasteiger charge is -2.09. The van der Waals surface area contributed by atoms with Crippen molar-refractivity contribution in [2.24, 2.45) is 0 Å². The van der Waals surface area contributed by atoms with Crippen LogP contribution in [0.3, 0.4) is 0 Å². The summed E-state index contributed by atoms with van der Waals surface area (Å²) in [6, 6.07) is 7.91. The third-order valence-corrected chi connectivity index (χ3v) is 3.35. The van der Waals surface area contributed by atoms with Gasteiger partial charge >= 0.3 is 0 Å². The summed E-state index contributed by atoms with van der Waals surface area (Å²) in [6.45, 7) is 0.194. The molecule has 0 aromatic heterocycles. The molecule has 0 radical (unpaired) electrons. The van der Waals surface area contributed by atoms with Crippen LogP contribution in [0.5, 0.6) is 0 Å². The van der Waals surface area contributed by atoms with Gasteiger partial charge in [-0.1, -0.05) is 23.2 Å². The van der Waals surface area contributed by atoms with Crippen LogP contribution in [0, 0.1) is 11.6 Å². The van der Waals surface area contributed by atoms with Gasteiger partial charge in [0.15, 0.2) is 0 Å². The van der Waals surface area contributed by atoms with Gasteiger partial charge in [0.2, 0.25) is 5.91 Å². The van der Waals surface area contributed by atoms with E-state index in [2.05, 4.69) is 10.6 Å². The Morgan fingerprint density at radius 3 is 2.45 bits per heavy atom. The molecule has 7 heteroatoms. The summed E-state index contributed by atoms with van der Waals surface area (Å²) in [5.74, 6) is -1.65. The number of nitrogens with one attached hydrogen (secondary N) is 2. The summed E-state index contributed by atoms with van der Waals surface area (Å²) in [5.41, 5.74) is 0.586. The van der Waals surface area contributed by atoms with Gasteiger partial charge < -0.3 is 10.6 Å². The third-order valence-electron chi connectivity index (χ3n) is 2.80. The molecule has 2 N–H and O–H groups in total. The molecule has 0 saturated heterocycles. The van der Waals surface area contributed by atoms with E-state index in [1.807, 2.05) is 0 Å². The number of carbonyl (C=O) groups excluding carboxylic acids is 1. The number of hydrogen-bond donors (Lipinski definition) is 2. The predicted octanol–water partition coefficient (Wildman–Crippen LogP) is 4.71. The van der Waals surface area contributed by atoms with Crippen LogP contribution >= 0.6 is 23.2 Å². The molecule has 0 spiro atoms. The van der Waals surface area contributed by atoms with Crippen molar-refractivity contribution in [3.63, 3.8) is 0 Å². The highest BCUT2D eigenvalue weighted by Crippen LogP contribution is 2.25. The molecule has 2 aromatic carbocycles. The molecular formula is C15H12Cl2F2N2O. The van der Waals surface area contributed by atoms with Crippen molar-refractivity contribution < 1.29 is 13.6 Å². The van der Waals surface area contributed by atoms with E-state index in [0.29, 0.717) is 15.7 Å². The second kappa shape index (κ2) is 7.42. The summed E-state index contributed by atoms with van der Waals surface area (Å²) in [7, 11) is 0. The Hall–Kier alpha value is -1.85. The summed E-state index contributed by atoms with van der Waals surface area (Å²) in [5, 5.41) is 6.15. The number of anilines is 2. The normalized spacial score (nSPS) is 10.4. The van der Waals surface area contributed by atoms with Crippen LogP contribution in [0.1, 0.15) is 6.42 Å². The maximum atomic E-state index is 13.4. The van der Waals surface area contributed by atoms with Gasteiger partial charge in [0, 0.05) is 24.1 Å². The lowest BCUT2D eigenvalue weighted by atomic mass is 10.2. The SMILES string of the molecule is O=C(CCNc1ccc(F)cc1F)Nc1ccc(Cl)cc1Cl. The van der Waals surface area contributed by atoms with E-state index in [9.17, 15) is 13.6 Å². The fourth-order valence-electron chi connectivity index (χ4n) is 1.75. The molecule has 0 saturated carbocycles.